The molecule has 0 radical (unpaired) electrons. The topological polar surface area (TPSA) is 57.6 Å². The number of carbonyl (C=O) groups excluding carboxylic acids is 1. The summed E-state index contributed by atoms with van der Waals surface area (Å²) in [5.41, 5.74) is 0. The van der Waals surface area contributed by atoms with E-state index in [-0.39, 0.29) is 11.8 Å². The maximum atomic E-state index is 12.1. The van der Waals surface area contributed by atoms with Crippen LogP contribution in [-0.4, -0.2) is 34.5 Å². The van der Waals surface area contributed by atoms with Crippen LogP contribution in [0, 0.1) is 11.8 Å². The largest absolute Gasteiger partial charge is 0.480 e. The summed E-state index contributed by atoms with van der Waals surface area (Å²) in [6.45, 7) is 6.58. The molecule has 0 aliphatic carbocycles. The lowest BCUT2D eigenvalue weighted by Gasteiger charge is -2.27. The van der Waals surface area contributed by atoms with Gasteiger partial charge in [0.15, 0.2) is 0 Å². The van der Waals surface area contributed by atoms with Gasteiger partial charge in [0.05, 0.1) is 0 Å². The lowest BCUT2D eigenvalue weighted by atomic mass is 9.92. The second kappa shape index (κ2) is 5.32. The molecule has 0 spiro atoms. The van der Waals surface area contributed by atoms with E-state index in [4.69, 9.17) is 5.11 Å². The Labute approximate surface area is 96.6 Å². The predicted octanol–water partition coefficient (Wildman–Crippen LogP) is 1.74. The molecule has 0 aromatic carbocycles. The molecular formula is C12H21NO3. The molecule has 0 saturated carbocycles. The third kappa shape index (κ3) is 2.54. The molecule has 0 bridgehead atoms. The Balaban J connectivity index is 2.69. The van der Waals surface area contributed by atoms with Gasteiger partial charge in [0, 0.05) is 12.5 Å². The van der Waals surface area contributed by atoms with E-state index in [0.29, 0.717) is 18.9 Å². The molecule has 92 valence electrons. The highest BCUT2D eigenvalue weighted by Crippen LogP contribution is 2.24. The molecule has 1 amide bonds. The number of carboxylic acids is 1. The van der Waals surface area contributed by atoms with Crippen molar-refractivity contribution in [3.8, 4) is 0 Å². The molecule has 16 heavy (non-hydrogen) atoms. The highest BCUT2D eigenvalue weighted by Gasteiger charge is 2.36. The first-order valence-corrected chi connectivity index (χ1v) is 6.02. The number of nitrogens with zero attached hydrogens (tertiary/aromatic N) is 1. The molecule has 1 aliphatic heterocycles. The first-order valence-electron chi connectivity index (χ1n) is 6.02. The summed E-state index contributed by atoms with van der Waals surface area (Å²) in [4.78, 5) is 24.6. The monoisotopic (exact) mass is 227 g/mol. The van der Waals surface area contributed by atoms with Crippen LogP contribution in [0.2, 0.25) is 0 Å². The molecule has 1 unspecified atom stereocenters. The Morgan fingerprint density at radius 3 is 2.56 bits per heavy atom. The average Bonchev–Trinajstić information content (AvgIpc) is 2.74. The van der Waals surface area contributed by atoms with Crippen molar-refractivity contribution in [1.29, 1.82) is 0 Å². The van der Waals surface area contributed by atoms with Gasteiger partial charge >= 0.3 is 5.97 Å². The van der Waals surface area contributed by atoms with Crippen LogP contribution in [0.1, 0.15) is 40.0 Å². The zero-order valence-corrected chi connectivity index (χ0v) is 10.3. The highest BCUT2D eigenvalue weighted by atomic mass is 16.4. The van der Waals surface area contributed by atoms with Gasteiger partial charge in [0.2, 0.25) is 5.91 Å². The van der Waals surface area contributed by atoms with E-state index in [0.717, 1.165) is 12.8 Å². The standard InChI is InChI=1S/C12H21NO3/c1-4-8(2)9(3)11(14)13-7-5-6-10(13)12(15)16/h8-10H,4-7H2,1-3H3,(H,15,16)/t8?,9-,10+/m0/s1. The molecule has 0 aromatic heterocycles. The number of hydrogen-bond donors (Lipinski definition) is 1. The first kappa shape index (κ1) is 13.0. The minimum absolute atomic E-state index is 0.000694. The molecule has 4 nitrogen and oxygen atoms in total. The molecule has 1 saturated heterocycles. The lowest BCUT2D eigenvalue weighted by molar-refractivity contribution is -0.150. The van der Waals surface area contributed by atoms with Gasteiger partial charge in [-0.1, -0.05) is 27.2 Å². The van der Waals surface area contributed by atoms with Crippen molar-refractivity contribution in [3.05, 3.63) is 0 Å². The predicted molar refractivity (Wildman–Crippen MR) is 61.0 cm³/mol. The van der Waals surface area contributed by atoms with E-state index < -0.39 is 12.0 Å². The molecule has 1 N–H and O–H groups in total. The van der Waals surface area contributed by atoms with Crippen LogP contribution in [0.5, 0.6) is 0 Å². The van der Waals surface area contributed by atoms with Crippen molar-refractivity contribution in [1.82, 2.24) is 4.90 Å². The number of amides is 1. The first-order chi connectivity index (χ1) is 7.49. The van der Waals surface area contributed by atoms with Gasteiger partial charge < -0.3 is 10.0 Å². The van der Waals surface area contributed by atoms with Gasteiger partial charge in [-0.2, -0.15) is 0 Å². The Morgan fingerprint density at radius 1 is 1.44 bits per heavy atom. The summed E-state index contributed by atoms with van der Waals surface area (Å²) in [5.74, 6) is -0.644. The SMILES string of the molecule is CCC(C)[C@H](C)C(=O)N1CCC[C@@H]1C(=O)O. The zero-order chi connectivity index (χ0) is 12.3. The minimum Gasteiger partial charge on any atom is -0.480 e. The van der Waals surface area contributed by atoms with E-state index in [1.165, 1.54) is 0 Å². The molecule has 4 heteroatoms. The van der Waals surface area contributed by atoms with Gasteiger partial charge in [-0.3, -0.25) is 4.79 Å². The van der Waals surface area contributed by atoms with E-state index >= 15 is 0 Å². The quantitative estimate of drug-likeness (QED) is 0.796. The second-order valence-corrected chi connectivity index (χ2v) is 4.70. The highest BCUT2D eigenvalue weighted by molar-refractivity contribution is 5.85. The van der Waals surface area contributed by atoms with Crippen LogP contribution in [0.4, 0.5) is 0 Å². The van der Waals surface area contributed by atoms with Gasteiger partial charge in [0.1, 0.15) is 6.04 Å². The zero-order valence-electron chi connectivity index (χ0n) is 10.3. The fourth-order valence-corrected chi connectivity index (χ4v) is 2.15. The Kier molecular flexibility index (Phi) is 4.33. The molecule has 3 atom stereocenters. The number of rotatable bonds is 4. The molecule has 1 heterocycles. The fraction of sp³-hybridized carbons (Fsp3) is 0.833. The van der Waals surface area contributed by atoms with E-state index in [2.05, 4.69) is 0 Å². The molecule has 0 aromatic rings. The fourth-order valence-electron chi connectivity index (χ4n) is 2.15. The Morgan fingerprint density at radius 2 is 2.06 bits per heavy atom. The number of hydrogen-bond acceptors (Lipinski definition) is 2. The third-order valence-electron chi connectivity index (χ3n) is 3.71. The number of likely N-dealkylation sites (tertiary alicyclic amines) is 1. The van der Waals surface area contributed by atoms with Crippen LogP contribution in [0.25, 0.3) is 0 Å². The summed E-state index contributed by atoms with van der Waals surface area (Å²) in [6.07, 6.45) is 2.34. The molecule has 1 fully saturated rings. The van der Waals surface area contributed by atoms with Crippen LogP contribution >= 0.6 is 0 Å². The van der Waals surface area contributed by atoms with E-state index in [1.807, 2.05) is 20.8 Å². The molecule has 1 rings (SSSR count). The van der Waals surface area contributed by atoms with Crippen molar-refractivity contribution >= 4 is 11.9 Å². The molecular weight excluding hydrogens is 206 g/mol. The van der Waals surface area contributed by atoms with Crippen molar-refractivity contribution in [2.45, 2.75) is 46.1 Å². The summed E-state index contributed by atoms with van der Waals surface area (Å²) in [7, 11) is 0. The van der Waals surface area contributed by atoms with Crippen molar-refractivity contribution in [2.24, 2.45) is 11.8 Å². The smallest absolute Gasteiger partial charge is 0.326 e. The maximum absolute atomic E-state index is 12.1. The van der Waals surface area contributed by atoms with Crippen LogP contribution in [0.3, 0.4) is 0 Å². The second-order valence-electron chi connectivity index (χ2n) is 4.70. The van der Waals surface area contributed by atoms with Crippen molar-refractivity contribution in [2.75, 3.05) is 6.54 Å². The summed E-state index contributed by atoms with van der Waals surface area (Å²) < 4.78 is 0. The third-order valence-corrected chi connectivity index (χ3v) is 3.71. The Bertz CT molecular complexity index is 277. The van der Waals surface area contributed by atoms with Crippen molar-refractivity contribution < 1.29 is 14.7 Å². The van der Waals surface area contributed by atoms with E-state index in [1.54, 1.807) is 4.90 Å². The number of carboxylic acid groups (broad SMARTS) is 1. The normalized spacial score (nSPS) is 24.2. The maximum Gasteiger partial charge on any atom is 0.326 e. The summed E-state index contributed by atoms with van der Waals surface area (Å²) >= 11 is 0. The summed E-state index contributed by atoms with van der Waals surface area (Å²) in [6, 6.07) is -0.598. The van der Waals surface area contributed by atoms with Crippen LogP contribution in [0.15, 0.2) is 0 Å². The minimum atomic E-state index is -0.873. The Hall–Kier alpha value is -1.06. The summed E-state index contributed by atoms with van der Waals surface area (Å²) in [5, 5.41) is 9.02. The van der Waals surface area contributed by atoms with Crippen LogP contribution in [-0.2, 0) is 9.59 Å². The van der Waals surface area contributed by atoms with Crippen molar-refractivity contribution in [3.63, 3.8) is 0 Å². The van der Waals surface area contributed by atoms with E-state index in [9.17, 15) is 9.59 Å². The number of aliphatic carboxylic acids is 1. The van der Waals surface area contributed by atoms with Gasteiger partial charge in [-0.15, -0.1) is 0 Å². The van der Waals surface area contributed by atoms with Gasteiger partial charge in [0.25, 0.3) is 0 Å². The van der Waals surface area contributed by atoms with Crippen LogP contribution < -0.4 is 0 Å². The van der Waals surface area contributed by atoms with Gasteiger partial charge in [-0.05, 0) is 18.8 Å². The number of carbonyl (C=O) groups is 2. The molecule has 1 aliphatic rings. The average molecular weight is 227 g/mol. The van der Waals surface area contributed by atoms with Gasteiger partial charge in [-0.25, -0.2) is 4.79 Å². The lowest BCUT2D eigenvalue weighted by Crippen LogP contribution is -2.44.